The van der Waals surface area contributed by atoms with Crippen molar-refractivity contribution in [2.24, 2.45) is 5.92 Å². The summed E-state index contributed by atoms with van der Waals surface area (Å²) in [6.07, 6.45) is 16.9. The number of hydrogen-bond acceptors (Lipinski definition) is 2. The normalized spacial score (nSPS) is 12.9. The summed E-state index contributed by atoms with van der Waals surface area (Å²) in [4.78, 5) is 4.13. The summed E-state index contributed by atoms with van der Waals surface area (Å²) < 4.78 is 0. The van der Waals surface area contributed by atoms with Gasteiger partial charge in [0.25, 0.3) is 0 Å². The van der Waals surface area contributed by atoms with E-state index in [1.54, 1.807) is 0 Å². The molecule has 0 fully saturated rings. The first kappa shape index (κ1) is 15.9. The molecule has 2 heteroatoms. The number of aryl methyl sites for hydroxylation is 1. The molecule has 2 nitrogen and oxygen atoms in total. The van der Waals surface area contributed by atoms with Crippen molar-refractivity contribution in [3.63, 3.8) is 0 Å². The lowest BCUT2D eigenvalue weighted by atomic mass is 10.1. The fourth-order valence-corrected chi connectivity index (χ4v) is 2.06. The van der Waals surface area contributed by atoms with Crippen LogP contribution in [0.2, 0.25) is 0 Å². The molecule has 0 aliphatic heterocycles. The van der Waals surface area contributed by atoms with Crippen LogP contribution in [-0.2, 0) is 6.42 Å². The van der Waals surface area contributed by atoms with Gasteiger partial charge < -0.3 is 5.11 Å². The summed E-state index contributed by atoms with van der Waals surface area (Å²) in [5.74, 6) is 0.305. The number of aromatic nitrogens is 1. The summed E-state index contributed by atoms with van der Waals surface area (Å²) in [6.45, 7) is 2.29. The fourth-order valence-electron chi connectivity index (χ4n) is 2.06. The quantitative estimate of drug-likeness (QED) is 0.507. The molecule has 0 aliphatic carbocycles. The van der Waals surface area contributed by atoms with Crippen LogP contribution >= 0.6 is 0 Å². The molecule has 1 atom stereocenters. The third-order valence-corrected chi connectivity index (χ3v) is 3.31. The van der Waals surface area contributed by atoms with E-state index in [9.17, 15) is 0 Å². The Morgan fingerprint density at radius 2 is 2.00 bits per heavy atom. The maximum absolute atomic E-state index is 8.87. The van der Waals surface area contributed by atoms with E-state index in [0.717, 1.165) is 12.8 Å². The lowest BCUT2D eigenvalue weighted by molar-refractivity contribution is 0.262. The summed E-state index contributed by atoms with van der Waals surface area (Å²) in [6, 6.07) is 4.16. The van der Waals surface area contributed by atoms with Crippen molar-refractivity contribution < 1.29 is 5.11 Å². The zero-order valence-corrected chi connectivity index (χ0v) is 12.1. The minimum atomic E-state index is 0.255. The van der Waals surface area contributed by atoms with Gasteiger partial charge >= 0.3 is 0 Å². The van der Waals surface area contributed by atoms with Crippen LogP contribution in [-0.4, -0.2) is 16.7 Å². The number of hydrogen-bond donors (Lipinski definition) is 1. The average molecular weight is 261 g/mol. The Kier molecular flexibility index (Phi) is 8.99. The van der Waals surface area contributed by atoms with Crippen LogP contribution in [0, 0.1) is 5.92 Å². The summed E-state index contributed by atoms with van der Waals surface area (Å²) in [7, 11) is 0. The molecule has 1 rings (SSSR count). The molecule has 0 spiro atoms. The van der Waals surface area contributed by atoms with Crippen LogP contribution < -0.4 is 0 Å². The molecule has 0 aromatic carbocycles. The van der Waals surface area contributed by atoms with Crippen molar-refractivity contribution in [1.29, 1.82) is 0 Å². The fraction of sp³-hybridized carbons (Fsp3) is 0.588. The maximum Gasteiger partial charge on any atom is 0.0491 e. The molecule has 106 valence electrons. The zero-order chi connectivity index (χ0) is 13.8. The largest absolute Gasteiger partial charge is 0.396 e. The van der Waals surface area contributed by atoms with Gasteiger partial charge in [0.05, 0.1) is 0 Å². The van der Waals surface area contributed by atoms with Crippen molar-refractivity contribution >= 4 is 0 Å². The third-order valence-electron chi connectivity index (χ3n) is 3.31. The predicted molar refractivity (Wildman–Crippen MR) is 81.0 cm³/mol. The Hall–Kier alpha value is -1.15. The molecule has 0 unspecified atom stereocenters. The molecular weight excluding hydrogens is 234 g/mol. The summed E-state index contributed by atoms with van der Waals surface area (Å²) >= 11 is 0. The number of allylic oxidation sites excluding steroid dienone is 1. The first-order valence-electron chi connectivity index (χ1n) is 7.49. The lowest BCUT2D eigenvalue weighted by Gasteiger charge is -2.02. The smallest absolute Gasteiger partial charge is 0.0491 e. The van der Waals surface area contributed by atoms with E-state index in [1.807, 2.05) is 25.4 Å². The highest BCUT2D eigenvalue weighted by Crippen LogP contribution is 2.09. The molecule has 1 N–H and O–H groups in total. The Balaban J connectivity index is 1.90. The minimum absolute atomic E-state index is 0.255. The first-order valence-corrected chi connectivity index (χ1v) is 7.49. The van der Waals surface area contributed by atoms with Crippen molar-refractivity contribution in [2.45, 2.75) is 51.9 Å². The highest BCUT2D eigenvalue weighted by Gasteiger charge is 1.94. The number of aliphatic hydroxyl groups is 1. The van der Waals surface area contributed by atoms with E-state index in [1.165, 1.54) is 37.7 Å². The molecule has 0 saturated heterocycles. The van der Waals surface area contributed by atoms with E-state index in [2.05, 4.69) is 23.2 Å². The van der Waals surface area contributed by atoms with Crippen molar-refractivity contribution in [1.82, 2.24) is 4.98 Å². The second-order valence-electron chi connectivity index (χ2n) is 5.26. The van der Waals surface area contributed by atoms with Crippen molar-refractivity contribution in [3.8, 4) is 0 Å². The molecule has 0 bridgehead atoms. The van der Waals surface area contributed by atoms with E-state index < -0.39 is 0 Å². The number of aliphatic hydroxyl groups excluding tert-OH is 1. The van der Waals surface area contributed by atoms with Crippen LogP contribution in [0.25, 0.3) is 0 Å². The third kappa shape index (κ3) is 8.55. The van der Waals surface area contributed by atoms with Crippen LogP contribution in [0.15, 0.2) is 36.7 Å². The van der Waals surface area contributed by atoms with E-state index in [0.29, 0.717) is 5.92 Å². The van der Waals surface area contributed by atoms with Gasteiger partial charge in [-0.3, -0.25) is 4.98 Å². The monoisotopic (exact) mass is 261 g/mol. The number of unbranched alkanes of at least 4 members (excludes halogenated alkanes) is 5. The molecule has 0 amide bonds. The van der Waals surface area contributed by atoms with Gasteiger partial charge in [-0.25, -0.2) is 0 Å². The van der Waals surface area contributed by atoms with Gasteiger partial charge in [-0.2, -0.15) is 0 Å². The molecule has 1 heterocycles. The zero-order valence-electron chi connectivity index (χ0n) is 12.1. The van der Waals surface area contributed by atoms with Gasteiger partial charge in [-0.05, 0) is 43.2 Å². The minimum Gasteiger partial charge on any atom is -0.396 e. The first-order chi connectivity index (χ1) is 9.33. The molecule has 0 aliphatic rings. The standard InChI is InChI=1S/C17H27NO/c1-16(15-19)10-7-5-3-2-4-6-8-11-17-12-9-13-18-14-17/h7,9-10,12-14,16,19H,2-6,8,11,15H2,1H3/b10-7+/t16-/m0/s1. The van der Waals surface area contributed by atoms with E-state index in [4.69, 9.17) is 5.11 Å². The Labute approximate surface area is 117 Å². The van der Waals surface area contributed by atoms with Gasteiger partial charge in [-0.15, -0.1) is 0 Å². The predicted octanol–water partition coefficient (Wildman–Crippen LogP) is 4.15. The van der Waals surface area contributed by atoms with Gasteiger partial charge in [0, 0.05) is 19.0 Å². The topological polar surface area (TPSA) is 33.1 Å². The second-order valence-corrected chi connectivity index (χ2v) is 5.26. The summed E-state index contributed by atoms with van der Waals surface area (Å²) in [5.41, 5.74) is 1.35. The molecule has 0 saturated carbocycles. The van der Waals surface area contributed by atoms with Crippen molar-refractivity contribution in [2.75, 3.05) is 6.61 Å². The molecule has 1 aromatic heterocycles. The Morgan fingerprint density at radius 3 is 2.74 bits per heavy atom. The summed E-state index contributed by atoms with van der Waals surface area (Å²) in [5, 5.41) is 8.87. The molecular formula is C17H27NO. The van der Waals surface area contributed by atoms with Crippen LogP contribution in [0.4, 0.5) is 0 Å². The second kappa shape index (κ2) is 10.7. The van der Waals surface area contributed by atoms with Crippen LogP contribution in [0.3, 0.4) is 0 Å². The van der Waals surface area contributed by atoms with Crippen LogP contribution in [0.1, 0.15) is 51.0 Å². The molecule has 0 radical (unpaired) electrons. The average Bonchev–Trinajstić information content (AvgIpc) is 2.46. The van der Waals surface area contributed by atoms with Gasteiger partial charge in [0.1, 0.15) is 0 Å². The van der Waals surface area contributed by atoms with E-state index in [-0.39, 0.29) is 6.61 Å². The molecule has 1 aromatic rings. The number of nitrogens with zero attached hydrogens (tertiary/aromatic N) is 1. The number of pyridine rings is 1. The maximum atomic E-state index is 8.87. The SMILES string of the molecule is C[C@@H](/C=C/CCCCCCCc1cccnc1)CO. The van der Waals surface area contributed by atoms with E-state index >= 15 is 0 Å². The van der Waals surface area contributed by atoms with Crippen molar-refractivity contribution in [3.05, 3.63) is 42.2 Å². The Morgan fingerprint density at radius 1 is 1.21 bits per heavy atom. The van der Waals surface area contributed by atoms with Gasteiger partial charge in [0.2, 0.25) is 0 Å². The lowest BCUT2D eigenvalue weighted by Crippen LogP contribution is -1.94. The van der Waals surface area contributed by atoms with Crippen LogP contribution in [0.5, 0.6) is 0 Å². The highest BCUT2D eigenvalue weighted by atomic mass is 16.3. The van der Waals surface area contributed by atoms with Gasteiger partial charge in [0.15, 0.2) is 0 Å². The van der Waals surface area contributed by atoms with Gasteiger partial charge in [-0.1, -0.05) is 44.4 Å². The highest BCUT2D eigenvalue weighted by molar-refractivity contribution is 5.08. The molecule has 19 heavy (non-hydrogen) atoms. The number of rotatable bonds is 10. The Bertz CT molecular complexity index is 334.